The van der Waals surface area contributed by atoms with E-state index in [-0.39, 0.29) is 12.0 Å². The van der Waals surface area contributed by atoms with Crippen LogP contribution in [0.4, 0.5) is 5.69 Å². The van der Waals surface area contributed by atoms with Crippen molar-refractivity contribution in [2.75, 3.05) is 5.32 Å². The molecule has 0 atom stereocenters. The minimum atomic E-state index is -0.433. The van der Waals surface area contributed by atoms with Crippen LogP contribution in [-0.2, 0) is 11.2 Å². The molecule has 4 nitrogen and oxygen atoms in total. The van der Waals surface area contributed by atoms with E-state index in [2.05, 4.69) is 26.1 Å². The van der Waals surface area contributed by atoms with E-state index in [4.69, 9.17) is 4.42 Å². The number of hydrogen-bond donors (Lipinski definition) is 1. The van der Waals surface area contributed by atoms with Gasteiger partial charge in [-0.1, -0.05) is 0 Å². The summed E-state index contributed by atoms with van der Waals surface area (Å²) in [6.45, 7) is 6.16. The van der Waals surface area contributed by atoms with Crippen molar-refractivity contribution in [1.82, 2.24) is 0 Å². The maximum Gasteiger partial charge on any atom is 0.336 e. The van der Waals surface area contributed by atoms with Gasteiger partial charge in [0, 0.05) is 35.2 Å². The van der Waals surface area contributed by atoms with Crippen LogP contribution in [0.5, 0.6) is 0 Å². The van der Waals surface area contributed by atoms with Gasteiger partial charge in [0.2, 0.25) is 0 Å². The first-order valence-corrected chi connectivity index (χ1v) is 6.18. The first-order chi connectivity index (χ1) is 8.89. The summed E-state index contributed by atoms with van der Waals surface area (Å²) < 4.78 is 5.19. The van der Waals surface area contributed by atoms with Gasteiger partial charge in [0.15, 0.2) is 0 Å². The number of hydrogen-bond acceptors (Lipinski definition) is 4. The predicted octanol–water partition coefficient (Wildman–Crippen LogP) is 2.74. The predicted molar refractivity (Wildman–Crippen MR) is 75.6 cm³/mol. The molecule has 4 heteroatoms. The van der Waals surface area contributed by atoms with Crippen LogP contribution in [0.25, 0.3) is 11.0 Å². The van der Waals surface area contributed by atoms with Crippen LogP contribution in [0.1, 0.15) is 26.3 Å². The summed E-state index contributed by atoms with van der Waals surface area (Å²) in [5.74, 6) is 0. The number of anilines is 1. The lowest BCUT2D eigenvalue weighted by molar-refractivity contribution is -0.107. The third-order valence-corrected chi connectivity index (χ3v) is 2.65. The van der Waals surface area contributed by atoms with E-state index < -0.39 is 5.63 Å². The molecule has 1 N–H and O–H groups in total. The molecule has 0 aliphatic rings. The molecule has 0 bridgehead atoms. The molecule has 1 aromatic heterocycles. The molecule has 0 fully saturated rings. The van der Waals surface area contributed by atoms with Gasteiger partial charge in [-0.05, 0) is 38.5 Å². The number of carbonyl (C=O) groups is 1. The van der Waals surface area contributed by atoms with E-state index in [1.165, 1.54) is 6.07 Å². The van der Waals surface area contributed by atoms with Gasteiger partial charge in [-0.2, -0.15) is 0 Å². The largest absolute Gasteiger partial charge is 0.423 e. The third kappa shape index (κ3) is 3.22. The first-order valence-electron chi connectivity index (χ1n) is 6.18. The van der Waals surface area contributed by atoms with Crippen molar-refractivity contribution in [2.45, 2.75) is 32.7 Å². The van der Waals surface area contributed by atoms with Gasteiger partial charge in [-0.3, -0.25) is 0 Å². The maximum atomic E-state index is 11.5. The smallest absolute Gasteiger partial charge is 0.336 e. The number of fused-ring (bicyclic) bond motifs is 1. The number of carbonyl (C=O) groups excluding carboxylic acids is 1. The standard InChI is InChI=1S/C15H17NO3/c1-15(2,3)16-11-4-5-12-10(6-7-17)8-14(18)19-13(12)9-11/h4-5,7-9,16H,6H2,1-3H3. The second-order valence-electron chi connectivity index (χ2n) is 5.55. The third-order valence-electron chi connectivity index (χ3n) is 2.65. The Bertz CT molecular complexity index is 665. The van der Waals surface area contributed by atoms with E-state index >= 15 is 0 Å². The quantitative estimate of drug-likeness (QED) is 0.680. The Hall–Kier alpha value is -2.10. The van der Waals surface area contributed by atoms with Crippen LogP contribution in [0.3, 0.4) is 0 Å². The summed E-state index contributed by atoms with van der Waals surface area (Å²) in [6.07, 6.45) is 1.00. The molecule has 0 spiro atoms. The van der Waals surface area contributed by atoms with Gasteiger partial charge < -0.3 is 14.5 Å². The second-order valence-corrected chi connectivity index (χ2v) is 5.55. The van der Waals surface area contributed by atoms with Gasteiger partial charge in [0.05, 0.1) is 0 Å². The van der Waals surface area contributed by atoms with Crippen molar-refractivity contribution in [3.63, 3.8) is 0 Å². The summed E-state index contributed by atoms with van der Waals surface area (Å²) >= 11 is 0. The fourth-order valence-corrected chi connectivity index (χ4v) is 2.00. The summed E-state index contributed by atoms with van der Waals surface area (Å²) in [4.78, 5) is 22.1. The van der Waals surface area contributed by atoms with Crippen LogP contribution in [-0.4, -0.2) is 11.8 Å². The fourth-order valence-electron chi connectivity index (χ4n) is 2.00. The minimum Gasteiger partial charge on any atom is -0.423 e. The lowest BCUT2D eigenvalue weighted by Gasteiger charge is -2.22. The van der Waals surface area contributed by atoms with E-state index in [0.29, 0.717) is 11.1 Å². The molecule has 1 heterocycles. The van der Waals surface area contributed by atoms with Crippen LogP contribution < -0.4 is 10.9 Å². The van der Waals surface area contributed by atoms with Gasteiger partial charge in [0.25, 0.3) is 0 Å². The number of aldehydes is 1. The Morgan fingerprint density at radius 2 is 2.00 bits per heavy atom. The molecule has 0 saturated heterocycles. The van der Waals surface area contributed by atoms with E-state index in [9.17, 15) is 9.59 Å². The van der Waals surface area contributed by atoms with E-state index in [0.717, 1.165) is 17.4 Å². The molecule has 0 amide bonds. The average Bonchev–Trinajstić information content (AvgIpc) is 2.26. The Labute approximate surface area is 111 Å². The van der Waals surface area contributed by atoms with Crippen molar-refractivity contribution in [1.29, 1.82) is 0 Å². The molecule has 0 aliphatic carbocycles. The molecule has 19 heavy (non-hydrogen) atoms. The molecule has 2 aromatic rings. The zero-order valence-corrected chi connectivity index (χ0v) is 11.3. The lowest BCUT2D eigenvalue weighted by Crippen LogP contribution is -2.25. The molecule has 100 valence electrons. The molecular formula is C15H17NO3. The molecule has 2 rings (SSSR count). The molecule has 0 saturated carbocycles. The van der Waals surface area contributed by atoms with Crippen LogP contribution in [0.15, 0.2) is 33.5 Å². The molecular weight excluding hydrogens is 242 g/mol. The maximum absolute atomic E-state index is 11.5. The van der Waals surface area contributed by atoms with Gasteiger partial charge >= 0.3 is 5.63 Å². The first kappa shape index (κ1) is 13.3. The summed E-state index contributed by atoms with van der Waals surface area (Å²) in [5, 5.41) is 4.11. The van der Waals surface area contributed by atoms with Gasteiger partial charge in [-0.25, -0.2) is 4.79 Å². The number of rotatable bonds is 3. The van der Waals surface area contributed by atoms with Crippen LogP contribution in [0.2, 0.25) is 0 Å². The Balaban J connectivity index is 2.54. The highest BCUT2D eigenvalue weighted by Crippen LogP contribution is 2.23. The Morgan fingerprint density at radius 3 is 2.63 bits per heavy atom. The Kier molecular flexibility index (Phi) is 3.42. The fraction of sp³-hybridized carbons (Fsp3) is 0.333. The van der Waals surface area contributed by atoms with Gasteiger partial charge in [-0.15, -0.1) is 0 Å². The topological polar surface area (TPSA) is 59.3 Å². The normalized spacial score (nSPS) is 11.5. The highest BCUT2D eigenvalue weighted by Gasteiger charge is 2.11. The van der Waals surface area contributed by atoms with Crippen LogP contribution in [0, 0.1) is 0 Å². The van der Waals surface area contributed by atoms with Crippen molar-refractivity contribution in [2.24, 2.45) is 0 Å². The highest BCUT2D eigenvalue weighted by molar-refractivity contribution is 5.85. The zero-order chi connectivity index (χ0) is 14.0. The van der Waals surface area contributed by atoms with Crippen LogP contribution >= 0.6 is 0 Å². The van der Waals surface area contributed by atoms with Gasteiger partial charge in [0.1, 0.15) is 11.9 Å². The zero-order valence-electron chi connectivity index (χ0n) is 11.3. The molecule has 1 aromatic carbocycles. The highest BCUT2D eigenvalue weighted by atomic mass is 16.4. The molecule has 0 radical (unpaired) electrons. The van der Waals surface area contributed by atoms with Crippen molar-refractivity contribution >= 4 is 22.9 Å². The number of nitrogens with one attached hydrogen (secondary N) is 1. The summed E-state index contributed by atoms with van der Waals surface area (Å²) in [7, 11) is 0. The van der Waals surface area contributed by atoms with Crippen molar-refractivity contribution < 1.29 is 9.21 Å². The second kappa shape index (κ2) is 4.88. The monoisotopic (exact) mass is 259 g/mol. The average molecular weight is 259 g/mol. The van der Waals surface area contributed by atoms with Crippen molar-refractivity contribution in [3.05, 3.63) is 40.2 Å². The minimum absolute atomic E-state index is 0.0750. The van der Waals surface area contributed by atoms with Crippen molar-refractivity contribution in [3.8, 4) is 0 Å². The summed E-state index contributed by atoms with van der Waals surface area (Å²) in [5.41, 5.74) is 1.57. The SMILES string of the molecule is CC(C)(C)Nc1ccc2c(CC=O)cc(=O)oc2c1. The summed E-state index contributed by atoms with van der Waals surface area (Å²) in [6, 6.07) is 6.94. The van der Waals surface area contributed by atoms with E-state index in [1.54, 1.807) is 6.07 Å². The number of benzene rings is 1. The molecule has 0 unspecified atom stereocenters. The Morgan fingerprint density at radius 1 is 1.26 bits per heavy atom. The molecule has 0 aliphatic heterocycles. The lowest BCUT2D eigenvalue weighted by atomic mass is 10.1. The van der Waals surface area contributed by atoms with E-state index in [1.807, 2.05) is 12.1 Å².